The molecule has 0 amide bonds. The molecule has 35 heavy (non-hydrogen) atoms. The van der Waals surface area contributed by atoms with Gasteiger partial charge in [-0.2, -0.15) is 0 Å². The highest BCUT2D eigenvalue weighted by molar-refractivity contribution is 5.69. The van der Waals surface area contributed by atoms with Gasteiger partial charge in [0.2, 0.25) is 0 Å². The fourth-order valence-electron chi connectivity index (χ4n) is 4.34. The van der Waals surface area contributed by atoms with E-state index in [0.29, 0.717) is 0 Å². The first-order chi connectivity index (χ1) is 16.7. The summed E-state index contributed by atoms with van der Waals surface area (Å²) >= 11 is 0. The zero-order valence-corrected chi connectivity index (χ0v) is 21.8. The lowest BCUT2D eigenvalue weighted by Crippen LogP contribution is -2.64. The molecule has 2 fully saturated rings. The minimum absolute atomic E-state index is 0.0660. The Hall–Kier alpha value is -1.38. The molecule has 0 saturated carbocycles. The number of hydrogen-bond donors (Lipinski definition) is 0. The first-order valence-corrected chi connectivity index (χ1v) is 11.6. The monoisotopic (exact) mass is 508 g/mol. The molecule has 12 nitrogen and oxygen atoms in total. The number of methoxy groups -OCH3 is 5. The van der Waals surface area contributed by atoms with E-state index < -0.39 is 61.3 Å². The minimum Gasteiger partial charge on any atom is -0.463 e. The molecule has 0 bridgehead atoms. The Kier molecular flexibility index (Phi) is 12.3. The summed E-state index contributed by atoms with van der Waals surface area (Å²) in [5.41, 5.74) is 0. The molecule has 0 spiro atoms. The van der Waals surface area contributed by atoms with Gasteiger partial charge in [0, 0.05) is 48.9 Å². The SMILES string of the molecule is COC1OCC(OC(C)=O)C(OC)C1OC1OC(COC(=O)CC(C)C)C(OC)C(OC)C1OC. The van der Waals surface area contributed by atoms with E-state index in [9.17, 15) is 9.59 Å². The molecular formula is C23H40O12. The van der Waals surface area contributed by atoms with Gasteiger partial charge in [-0.25, -0.2) is 0 Å². The molecule has 0 N–H and O–H groups in total. The van der Waals surface area contributed by atoms with Crippen LogP contribution in [0.25, 0.3) is 0 Å². The van der Waals surface area contributed by atoms with Gasteiger partial charge in [-0.3, -0.25) is 9.59 Å². The maximum atomic E-state index is 12.2. The highest BCUT2D eigenvalue weighted by Gasteiger charge is 2.52. The van der Waals surface area contributed by atoms with Crippen LogP contribution in [0, 0.1) is 5.92 Å². The van der Waals surface area contributed by atoms with Crippen LogP contribution in [0.15, 0.2) is 0 Å². The molecule has 0 aromatic rings. The summed E-state index contributed by atoms with van der Waals surface area (Å²) in [4.78, 5) is 23.7. The summed E-state index contributed by atoms with van der Waals surface area (Å²) in [6.07, 6.45) is -6.53. The van der Waals surface area contributed by atoms with Crippen molar-refractivity contribution in [2.75, 3.05) is 48.8 Å². The third-order valence-electron chi connectivity index (χ3n) is 5.89. The van der Waals surface area contributed by atoms with E-state index in [1.54, 1.807) is 0 Å². The van der Waals surface area contributed by atoms with E-state index in [4.69, 9.17) is 47.4 Å². The fraction of sp³-hybridized carbons (Fsp3) is 0.913. The molecule has 204 valence electrons. The van der Waals surface area contributed by atoms with E-state index in [2.05, 4.69) is 0 Å². The van der Waals surface area contributed by atoms with Gasteiger partial charge in [0.1, 0.15) is 43.2 Å². The number of carbonyl (C=O) groups excluding carboxylic acids is 2. The minimum atomic E-state index is -1.01. The Morgan fingerprint density at radius 3 is 1.97 bits per heavy atom. The third kappa shape index (κ3) is 7.80. The van der Waals surface area contributed by atoms with Crippen LogP contribution in [0.1, 0.15) is 27.2 Å². The van der Waals surface area contributed by atoms with Gasteiger partial charge in [0.05, 0.1) is 6.61 Å². The Morgan fingerprint density at radius 2 is 1.46 bits per heavy atom. The zero-order valence-electron chi connectivity index (χ0n) is 21.8. The second kappa shape index (κ2) is 14.4. The standard InChI is InChI=1S/C23H40O12/c1-12(2)9-16(25)31-10-15-17(26-4)19(28-6)20(29-7)23(34-15)35-21-18(27-5)14(33-13(3)24)11-32-22(21)30-8/h12,14-15,17-23H,9-11H2,1-8H3. The molecule has 12 heteroatoms. The van der Waals surface area contributed by atoms with Crippen LogP contribution in [0.4, 0.5) is 0 Å². The quantitative estimate of drug-likeness (QED) is 0.344. The molecule has 0 aromatic heterocycles. The summed E-state index contributed by atoms with van der Waals surface area (Å²) in [6, 6.07) is 0. The predicted molar refractivity (Wildman–Crippen MR) is 119 cm³/mol. The maximum absolute atomic E-state index is 12.2. The molecule has 0 aromatic carbocycles. The lowest BCUT2D eigenvalue weighted by molar-refractivity contribution is -0.361. The van der Waals surface area contributed by atoms with Gasteiger partial charge < -0.3 is 47.4 Å². The summed E-state index contributed by atoms with van der Waals surface area (Å²) in [5, 5.41) is 0. The van der Waals surface area contributed by atoms with Crippen LogP contribution >= 0.6 is 0 Å². The maximum Gasteiger partial charge on any atom is 0.306 e. The molecule has 9 unspecified atom stereocenters. The summed E-state index contributed by atoms with van der Waals surface area (Å²) in [6.45, 7) is 5.15. The van der Waals surface area contributed by atoms with Crippen LogP contribution in [0.2, 0.25) is 0 Å². The average Bonchev–Trinajstić information content (AvgIpc) is 2.81. The van der Waals surface area contributed by atoms with Crippen molar-refractivity contribution in [1.29, 1.82) is 0 Å². The van der Waals surface area contributed by atoms with Gasteiger partial charge >= 0.3 is 11.9 Å². The Bertz CT molecular complexity index is 658. The largest absolute Gasteiger partial charge is 0.463 e. The van der Waals surface area contributed by atoms with Crippen molar-refractivity contribution in [3.63, 3.8) is 0 Å². The van der Waals surface area contributed by atoms with Crippen LogP contribution in [-0.4, -0.2) is 116 Å². The second-order valence-corrected chi connectivity index (χ2v) is 8.81. The summed E-state index contributed by atoms with van der Waals surface area (Å²) in [7, 11) is 7.46. The van der Waals surface area contributed by atoms with Gasteiger partial charge in [0.15, 0.2) is 18.7 Å². The molecule has 9 atom stereocenters. The lowest BCUT2D eigenvalue weighted by atomic mass is 9.98. The number of hydrogen-bond acceptors (Lipinski definition) is 12. The van der Waals surface area contributed by atoms with Crippen molar-refractivity contribution in [3.05, 3.63) is 0 Å². The van der Waals surface area contributed by atoms with E-state index in [0.717, 1.165) is 0 Å². The average molecular weight is 509 g/mol. The first kappa shape index (κ1) is 29.8. The van der Waals surface area contributed by atoms with Crippen LogP contribution in [0.3, 0.4) is 0 Å². The molecule has 2 aliphatic heterocycles. The van der Waals surface area contributed by atoms with E-state index in [-0.39, 0.29) is 31.5 Å². The number of ether oxygens (including phenoxy) is 10. The first-order valence-electron chi connectivity index (χ1n) is 11.6. The van der Waals surface area contributed by atoms with Crippen molar-refractivity contribution in [1.82, 2.24) is 0 Å². The topological polar surface area (TPSA) is 126 Å². The third-order valence-corrected chi connectivity index (χ3v) is 5.89. The number of carbonyl (C=O) groups is 2. The highest BCUT2D eigenvalue weighted by atomic mass is 16.8. The van der Waals surface area contributed by atoms with Gasteiger partial charge in [0.25, 0.3) is 0 Å². The van der Waals surface area contributed by atoms with Crippen molar-refractivity contribution in [2.24, 2.45) is 5.92 Å². The predicted octanol–water partition coefficient (Wildman–Crippen LogP) is 0.680. The van der Waals surface area contributed by atoms with Crippen molar-refractivity contribution >= 4 is 11.9 Å². The molecule has 2 saturated heterocycles. The molecule has 0 radical (unpaired) electrons. The van der Waals surface area contributed by atoms with Crippen molar-refractivity contribution in [2.45, 2.75) is 82.5 Å². The molecule has 2 aliphatic rings. The Labute approximate surface area is 206 Å². The molecule has 2 heterocycles. The van der Waals surface area contributed by atoms with Crippen molar-refractivity contribution in [3.8, 4) is 0 Å². The van der Waals surface area contributed by atoms with Gasteiger partial charge in [-0.05, 0) is 5.92 Å². The van der Waals surface area contributed by atoms with Gasteiger partial charge in [-0.1, -0.05) is 13.8 Å². The van der Waals surface area contributed by atoms with Crippen LogP contribution < -0.4 is 0 Å². The molecular weight excluding hydrogens is 468 g/mol. The van der Waals surface area contributed by atoms with Crippen LogP contribution in [-0.2, 0) is 57.0 Å². The molecule has 0 aliphatic carbocycles. The number of rotatable bonds is 12. The lowest BCUT2D eigenvalue weighted by Gasteiger charge is -2.47. The Morgan fingerprint density at radius 1 is 0.829 bits per heavy atom. The van der Waals surface area contributed by atoms with Crippen LogP contribution in [0.5, 0.6) is 0 Å². The van der Waals surface area contributed by atoms with E-state index >= 15 is 0 Å². The number of esters is 2. The second-order valence-electron chi connectivity index (χ2n) is 8.81. The Balaban J connectivity index is 2.26. The summed E-state index contributed by atoms with van der Waals surface area (Å²) < 4.78 is 57.0. The smallest absolute Gasteiger partial charge is 0.306 e. The fourth-order valence-corrected chi connectivity index (χ4v) is 4.34. The molecule has 2 rings (SSSR count). The van der Waals surface area contributed by atoms with Crippen molar-refractivity contribution < 1.29 is 57.0 Å². The summed E-state index contributed by atoms with van der Waals surface area (Å²) in [5.74, 6) is -0.672. The van der Waals surface area contributed by atoms with E-state index in [1.165, 1.54) is 42.5 Å². The normalized spacial score (nSPS) is 35.6. The highest BCUT2D eigenvalue weighted by Crippen LogP contribution is 2.32. The van der Waals surface area contributed by atoms with E-state index in [1.807, 2.05) is 13.8 Å². The zero-order chi connectivity index (χ0) is 26.1. The van der Waals surface area contributed by atoms with Gasteiger partial charge in [-0.15, -0.1) is 0 Å².